The first kappa shape index (κ1) is 18.6. The van der Waals surface area contributed by atoms with Crippen LogP contribution in [-0.4, -0.2) is 33.1 Å². The van der Waals surface area contributed by atoms with Gasteiger partial charge in [0.15, 0.2) is 5.65 Å². The van der Waals surface area contributed by atoms with E-state index in [2.05, 4.69) is 20.7 Å². The summed E-state index contributed by atoms with van der Waals surface area (Å²) in [7, 11) is 0. The number of hydrogen-bond donors (Lipinski definition) is 2. The van der Waals surface area contributed by atoms with Gasteiger partial charge in [0.05, 0.1) is 18.3 Å². The smallest absolute Gasteiger partial charge is 0.253 e. The van der Waals surface area contributed by atoms with Gasteiger partial charge in [0.1, 0.15) is 0 Å². The van der Waals surface area contributed by atoms with E-state index in [0.717, 1.165) is 27.8 Å². The lowest BCUT2D eigenvalue weighted by atomic mass is 10.1. The van der Waals surface area contributed by atoms with Crippen LogP contribution in [0.25, 0.3) is 11.0 Å². The molecule has 0 atom stereocenters. The van der Waals surface area contributed by atoms with Crippen LogP contribution < -0.4 is 10.6 Å². The molecular formula is C20H23N5O2. The van der Waals surface area contributed by atoms with Crippen molar-refractivity contribution in [3.63, 3.8) is 0 Å². The predicted octanol–water partition coefficient (Wildman–Crippen LogP) is 3.00. The summed E-state index contributed by atoms with van der Waals surface area (Å²) in [5.41, 5.74) is 3.98. The molecule has 2 heterocycles. The van der Waals surface area contributed by atoms with Gasteiger partial charge in [-0.15, -0.1) is 0 Å². The Hall–Kier alpha value is -3.22. The predicted molar refractivity (Wildman–Crippen MR) is 105 cm³/mol. The van der Waals surface area contributed by atoms with Crippen LogP contribution in [0.5, 0.6) is 0 Å². The van der Waals surface area contributed by atoms with Gasteiger partial charge in [-0.25, -0.2) is 9.67 Å². The number of benzene rings is 1. The zero-order chi connectivity index (χ0) is 19.6. The Labute approximate surface area is 157 Å². The number of carbonyl (C=O) groups is 2. The van der Waals surface area contributed by atoms with Crippen molar-refractivity contribution in [1.82, 2.24) is 20.1 Å². The molecule has 3 aromatic rings. The van der Waals surface area contributed by atoms with E-state index in [1.54, 1.807) is 16.9 Å². The first-order chi connectivity index (χ1) is 12.9. The number of pyridine rings is 1. The van der Waals surface area contributed by atoms with Gasteiger partial charge in [-0.3, -0.25) is 9.59 Å². The molecule has 0 aliphatic rings. The van der Waals surface area contributed by atoms with Crippen molar-refractivity contribution in [3.8, 4) is 0 Å². The molecule has 7 nitrogen and oxygen atoms in total. The largest absolute Gasteiger partial charge is 0.343 e. The number of nitrogens with zero attached hydrogens (tertiary/aromatic N) is 3. The number of fused-ring (bicyclic) bond motifs is 1. The first-order valence-corrected chi connectivity index (χ1v) is 8.84. The summed E-state index contributed by atoms with van der Waals surface area (Å²) < 4.78 is 1.80. The lowest BCUT2D eigenvalue weighted by molar-refractivity contribution is -0.115. The molecule has 140 valence electrons. The fourth-order valence-corrected chi connectivity index (χ4v) is 2.79. The van der Waals surface area contributed by atoms with Crippen LogP contribution in [0.15, 0.2) is 36.7 Å². The summed E-state index contributed by atoms with van der Waals surface area (Å²) in [6, 6.07) is 7.62. The van der Waals surface area contributed by atoms with Gasteiger partial charge in [-0.2, -0.15) is 5.10 Å². The Balaban J connectivity index is 1.64. The van der Waals surface area contributed by atoms with E-state index in [1.165, 1.54) is 6.20 Å². The van der Waals surface area contributed by atoms with E-state index < -0.39 is 0 Å². The topological polar surface area (TPSA) is 88.9 Å². The molecule has 0 aliphatic carbocycles. The highest BCUT2D eigenvalue weighted by molar-refractivity contribution is 6.00. The number of anilines is 1. The Morgan fingerprint density at radius 1 is 1.19 bits per heavy atom. The van der Waals surface area contributed by atoms with Crippen molar-refractivity contribution in [2.75, 3.05) is 11.9 Å². The molecule has 2 amide bonds. The number of rotatable bonds is 5. The summed E-state index contributed by atoms with van der Waals surface area (Å²) in [6.07, 6.45) is 3.19. The minimum absolute atomic E-state index is 0.116. The lowest BCUT2D eigenvalue weighted by Crippen LogP contribution is -2.33. The SMILES string of the molecule is Cc1cccc(NC(=O)CNC(=O)c2cnc3c(cnn3C(C)C)c2)c1C. The second-order valence-electron chi connectivity index (χ2n) is 6.80. The average molecular weight is 365 g/mol. The van der Waals surface area contributed by atoms with Crippen LogP contribution in [0.3, 0.4) is 0 Å². The highest BCUT2D eigenvalue weighted by Crippen LogP contribution is 2.18. The van der Waals surface area contributed by atoms with E-state index in [0.29, 0.717) is 5.56 Å². The number of carbonyl (C=O) groups excluding carboxylic acids is 2. The van der Waals surface area contributed by atoms with E-state index in [1.807, 2.05) is 45.9 Å². The zero-order valence-electron chi connectivity index (χ0n) is 15.9. The molecule has 2 N–H and O–H groups in total. The van der Waals surface area contributed by atoms with Gasteiger partial charge in [0.25, 0.3) is 5.91 Å². The van der Waals surface area contributed by atoms with Gasteiger partial charge in [0, 0.05) is 23.3 Å². The third-order valence-electron chi connectivity index (χ3n) is 4.47. The fraction of sp³-hybridized carbons (Fsp3) is 0.300. The third kappa shape index (κ3) is 3.97. The normalized spacial score (nSPS) is 11.0. The molecule has 1 aromatic carbocycles. The second kappa shape index (κ2) is 7.57. The summed E-state index contributed by atoms with van der Waals surface area (Å²) in [4.78, 5) is 28.8. The Bertz CT molecular complexity index is 1010. The number of nitrogens with one attached hydrogen (secondary N) is 2. The molecule has 0 bridgehead atoms. The molecule has 0 saturated heterocycles. The molecule has 2 aromatic heterocycles. The fourth-order valence-electron chi connectivity index (χ4n) is 2.79. The minimum Gasteiger partial charge on any atom is -0.343 e. The standard InChI is InChI=1S/C20H23N5O2/c1-12(2)25-19-15(10-23-25)8-16(9-21-19)20(27)22-11-18(26)24-17-7-5-6-13(3)14(17)4/h5-10,12H,11H2,1-4H3,(H,22,27)(H,24,26). The summed E-state index contributed by atoms with van der Waals surface area (Å²) >= 11 is 0. The van der Waals surface area contributed by atoms with E-state index >= 15 is 0 Å². The molecule has 0 unspecified atom stereocenters. The quantitative estimate of drug-likeness (QED) is 0.727. The van der Waals surface area contributed by atoms with Crippen LogP contribution in [0.1, 0.15) is 41.4 Å². The van der Waals surface area contributed by atoms with Crippen LogP contribution in [0, 0.1) is 13.8 Å². The zero-order valence-corrected chi connectivity index (χ0v) is 15.9. The van der Waals surface area contributed by atoms with Gasteiger partial charge < -0.3 is 10.6 Å². The van der Waals surface area contributed by atoms with Crippen LogP contribution in [-0.2, 0) is 4.79 Å². The number of amides is 2. The molecular weight excluding hydrogens is 342 g/mol. The highest BCUT2D eigenvalue weighted by atomic mass is 16.2. The summed E-state index contributed by atoms with van der Waals surface area (Å²) in [6.45, 7) is 7.85. The van der Waals surface area contributed by atoms with E-state index in [9.17, 15) is 9.59 Å². The number of aryl methyl sites for hydroxylation is 1. The van der Waals surface area contributed by atoms with Crippen molar-refractivity contribution in [2.24, 2.45) is 0 Å². The Kier molecular flexibility index (Phi) is 5.21. The minimum atomic E-state index is -0.349. The van der Waals surface area contributed by atoms with E-state index in [4.69, 9.17) is 0 Å². The summed E-state index contributed by atoms with van der Waals surface area (Å²) in [5.74, 6) is -0.628. The molecule has 0 spiro atoms. The van der Waals surface area contributed by atoms with Crippen molar-refractivity contribution >= 4 is 28.5 Å². The van der Waals surface area contributed by atoms with Gasteiger partial charge in [-0.1, -0.05) is 12.1 Å². The maximum atomic E-state index is 12.3. The van der Waals surface area contributed by atoms with Crippen molar-refractivity contribution in [1.29, 1.82) is 0 Å². The first-order valence-electron chi connectivity index (χ1n) is 8.84. The van der Waals surface area contributed by atoms with E-state index in [-0.39, 0.29) is 24.4 Å². The third-order valence-corrected chi connectivity index (χ3v) is 4.47. The molecule has 0 fully saturated rings. The Morgan fingerprint density at radius 3 is 2.70 bits per heavy atom. The van der Waals surface area contributed by atoms with Crippen molar-refractivity contribution < 1.29 is 9.59 Å². The van der Waals surface area contributed by atoms with Gasteiger partial charge >= 0.3 is 0 Å². The number of hydrogen-bond acceptors (Lipinski definition) is 4. The molecule has 7 heteroatoms. The maximum Gasteiger partial charge on any atom is 0.253 e. The Morgan fingerprint density at radius 2 is 1.96 bits per heavy atom. The monoisotopic (exact) mass is 365 g/mol. The number of aromatic nitrogens is 3. The molecule has 0 aliphatic heterocycles. The van der Waals surface area contributed by atoms with Crippen molar-refractivity contribution in [3.05, 3.63) is 53.3 Å². The van der Waals surface area contributed by atoms with Crippen LogP contribution in [0.4, 0.5) is 5.69 Å². The molecule has 3 rings (SSSR count). The summed E-state index contributed by atoms with van der Waals surface area (Å²) in [5, 5.41) is 10.5. The molecule has 0 radical (unpaired) electrons. The highest BCUT2D eigenvalue weighted by Gasteiger charge is 2.13. The lowest BCUT2D eigenvalue weighted by Gasteiger charge is -2.11. The van der Waals surface area contributed by atoms with Crippen LogP contribution in [0.2, 0.25) is 0 Å². The second-order valence-corrected chi connectivity index (χ2v) is 6.80. The van der Waals surface area contributed by atoms with Gasteiger partial charge in [-0.05, 0) is 51.0 Å². The van der Waals surface area contributed by atoms with Crippen molar-refractivity contribution in [2.45, 2.75) is 33.7 Å². The maximum absolute atomic E-state index is 12.3. The van der Waals surface area contributed by atoms with Gasteiger partial charge in [0.2, 0.25) is 5.91 Å². The van der Waals surface area contributed by atoms with Crippen LogP contribution >= 0.6 is 0 Å². The average Bonchev–Trinajstić information content (AvgIpc) is 3.07. The molecule has 0 saturated carbocycles. The molecule has 27 heavy (non-hydrogen) atoms.